The molecule has 4 rings (SSSR count). The van der Waals surface area contributed by atoms with Gasteiger partial charge in [0.05, 0.1) is 29.2 Å². The molecule has 6 nitrogen and oxygen atoms in total. The molecule has 3 aromatic rings. The highest BCUT2D eigenvalue weighted by atomic mass is 32.2. The van der Waals surface area contributed by atoms with E-state index in [0.717, 1.165) is 11.1 Å². The quantitative estimate of drug-likeness (QED) is 0.574. The predicted octanol–water partition coefficient (Wildman–Crippen LogP) is 3.82. The second-order valence-corrected chi connectivity index (χ2v) is 9.89. The van der Waals surface area contributed by atoms with E-state index >= 15 is 0 Å². The molecule has 7 heteroatoms. The molecule has 0 aliphatic carbocycles. The highest BCUT2D eigenvalue weighted by molar-refractivity contribution is 7.91. The number of anilines is 1. The van der Waals surface area contributed by atoms with Crippen molar-refractivity contribution < 1.29 is 17.9 Å². The van der Waals surface area contributed by atoms with Crippen LogP contribution in [0.1, 0.15) is 12.0 Å². The molecular formula is C25H22N2O4S. The Morgan fingerprint density at radius 1 is 0.969 bits per heavy atom. The number of sulfone groups is 1. The van der Waals surface area contributed by atoms with Gasteiger partial charge in [0.15, 0.2) is 16.4 Å². The molecule has 0 N–H and O–H groups in total. The molecular weight excluding hydrogens is 424 g/mol. The normalized spacial score (nSPS) is 16.8. The number of hydrogen-bond acceptors (Lipinski definition) is 5. The molecule has 32 heavy (non-hydrogen) atoms. The van der Waals surface area contributed by atoms with Gasteiger partial charge in [-0.15, -0.1) is 0 Å². The molecule has 1 fully saturated rings. The highest BCUT2D eigenvalue weighted by Gasteiger charge is 2.35. The summed E-state index contributed by atoms with van der Waals surface area (Å²) in [5.74, 6) is 0.316. The lowest BCUT2D eigenvalue weighted by atomic mass is 10.0. The monoisotopic (exact) mass is 446 g/mol. The van der Waals surface area contributed by atoms with Gasteiger partial charge in [-0.3, -0.25) is 4.79 Å². The lowest BCUT2D eigenvalue weighted by Crippen LogP contribution is -2.43. The van der Waals surface area contributed by atoms with Gasteiger partial charge < -0.3 is 9.64 Å². The number of ether oxygens (including phenoxy) is 1. The molecule has 0 aromatic heterocycles. The van der Waals surface area contributed by atoms with E-state index in [1.807, 2.05) is 42.5 Å². The van der Waals surface area contributed by atoms with Crippen LogP contribution in [0.2, 0.25) is 0 Å². The Labute approximate surface area is 187 Å². The van der Waals surface area contributed by atoms with Gasteiger partial charge in [0.1, 0.15) is 5.75 Å². The first-order valence-electron chi connectivity index (χ1n) is 10.3. The zero-order valence-corrected chi connectivity index (χ0v) is 18.2. The standard InChI is InChI=1S/C25H22N2O4S/c26-16-19-6-8-20(9-7-19)21-10-12-24(13-11-21)31-17-25(28)27(22-4-2-1-3-5-22)23-14-15-32(29,30)18-23/h1-13,23H,14-15,17-18H2. The van der Waals surface area contributed by atoms with E-state index < -0.39 is 15.9 Å². The van der Waals surface area contributed by atoms with Crippen molar-refractivity contribution in [3.05, 3.63) is 84.4 Å². The Morgan fingerprint density at radius 2 is 1.59 bits per heavy atom. The number of amides is 1. The Bertz CT molecular complexity index is 1230. The summed E-state index contributed by atoms with van der Waals surface area (Å²) in [5.41, 5.74) is 3.21. The summed E-state index contributed by atoms with van der Waals surface area (Å²) in [5, 5.41) is 8.92. The number of nitrogens with zero attached hydrogens (tertiary/aromatic N) is 2. The van der Waals surface area contributed by atoms with E-state index in [2.05, 4.69) is 6.07 Å². The maximum Gasteiger partial charge on any atom is 0.265 e. The Hall–Kier alpha value is -3.63. The van der Waals surface area contributed by atoms with Crippen LogP contribution in [-0.2, 0) is 14.6 Å². The van der Waals surface area contributed by atoms with Crippen molar-refractivity contribution in [2.24, 2.45) is 0 Å². The molecule has 1 unspecified atom stereocenters. The van der Waals surface area contributed by atoms with Crippen molar-refractivity contribution in [1.29, 1.82) is 5.26 Å². The largest absolute Gasteiger partial charge is 0.484 e. The van der Waals surface area contributed by atoms with Gasteiger partial charge in [-0.1, -0.05) is 42.5 Å². The minimum atomic E-state index is -3.14. The second-order valence-electron chi connectivity index (χ2n) is 7.66. The molecule has 1 heterocycles. The highest BCUT2D eigenvalue weighted by Crippen LogP contribution is 2.26. The van der Waals surface area contributed by atoms with E-state index in [-0.39, 0.29) is 24.0 Å². The summed E-state index contributed by atoms with van der Waals surface area (Å²) in [6, 6.07) is 25.4. The smallest absolute Gasteiger partial charge is 0.265 e. The van der Waals surface area contributed by atoms with Crippen LogP contribution in [0.25, 0.3) is 11.1 Å². The molecule has 0 bridgehead atoms. The Kier molecular flexibility index (Phi) is 6.24. The van der Waals surface area contributed by atoms with Crippen LogP contribution < -0.4 is 9.64 Å². The van der Waals surface area contributed by atoms with Gasteiger partial charge in [0.25, 0.3) is 5.91 Å². The fourth-order valence-electron chi connectivity index (χ4n) is 3.82. The van der Waals surface area contributed by atoms with Crippen LogP contribution in [0.4, 0.5) is 5.69 Å². The van der Waals surface area contributed by atoms with E-state index in [4.69, 9.17) is 10.00 Å². The average Bonchev–Trinajstić information content (AvgIpc) is 3.18. The molecule has 1 saturated heterocycles. The summed E-state index contributed by atoms with van der Waals surface area (Å²) in [4.78, 5) is 14.6. The third kappa shape index (κ3) is 4.98. The Balaban J connectivity index is 1.45. The molecule has 0 saturated carbocycles. The minimum Gasteiger partial charge on any atom is -0.484 e. The Morgan fingerprint density at radius 3 is 2.16 bits per heavy atom. The maximum atomic E-state index is 13.0. The number of benzene rings is 3. The summed E-state index contributed by atoms with van der Waals surface area (Å²) in [6.07, 6.45) is 0.419. The van der Waals surface area contributed by atoms with Crippen molar-refractivity contribution in [3.63, 3.8) is 0 Å². The summed E-state index contributed by atoms with van der Waals surface area (Å²) in [6.45, 7) is -0.193. The number of para-hydroxylation sites is 1. The van der Waals surface area contributed by atoms with E-state index in [9.17, 15) is 13.2 Å². The molecule has 1 atom stereocenters. The molecule has 0 spiro atoms. The first kappa shape index (κ1) is 21.6. The fraction of sp³-hybridized carbons (Fsp3) is 0.200. The van der Waals surface area contributed by atoms with Crippen LogP contribution in [0, 0.1) is 11.3 Å². The van der Waals surface area contributed by atoms with Crippen molar-refractivity contribution >= 4 is 21.4 Å². The van der Waals surface area contributed by atoms with Crippen LogP contribution in [-0.4, -0.2) is 38.5 Å². The van der Waals surface area contributed by atoms with Gasteiger partial charge in [-0.05, 0) is 53.9 Å². The van der Waals surface area contributed by atoms with Crippen molar-refractivity contribution in [2.45, 2.75) is 12.5 Å². The van der Waals surface area contributed by atoms with Gasteiger partial charge in [0, 0.05) is 5.69 Å². The minimum absolute atomic E-state index is 0.0348. The molecule has 3 aromatic carbocycles. The van der Waals surface area contributed by atoms with E-state index in [0.29, 0.717) is 23.4 Å². The molecule has 1 aliphatic rings. The van der Waals surface area contributed by atoms with Crippen LogP contribution in [0.5, 0.6) is 5.75 Å². The van der Waals surface area contributed by atoms with Crippen LogP contribution >= 0.6 is 0 Å². The topological polar surface area (TPSA) is 87.5 Å². The van der Waals surface area contributed by atoms with Crippen LogP contribution in [0.15, 0.2) is 78.9 Å². The van der Waals surface area contributed by atoms with E-state index in [1.54, 1.807) is 41.3 Å². The fourth-order valence-corrected chi connectivity index (χ4v) is 5.52. The lowest BCUT2D eigenvalue weighted by molar-refractivity contribution is -0.121. The van der Waals surface area contributed by atoms with Crippen molar-refractivity contribution in [2.75, 3.05) is 23.0 Å². The number of carbonyl (C=O) groups excluding carboxylic acids is 1. The SMILES string of the molecule is N#Cc1ccc(-c2ccc(OCC(=O)N(c3ccccc3)C3CCS(=O)(=O)C3)cc2)cc1. The molecule has 1 amide bonds. The van der Waals surface area contributed by atoms with Crippen molar-refractivity contribution in [3.8, 4) is 22.9 Å². The number of rotatable bonds is 6. The first-order valence-corrected chi connectivity index (χ1v) is 12.1. The predicted molar refractivity (Wildman–Crippen MR) is 123 cm³/mol. The van der Waals surface area contributed by atoms with Crippen LogP contribution in [0.3, 0.4) is 0 Å². The van der Waals surface area contributed by atoms with E-state index in [1.165, 1.54) is 0 Å². The molecule has 162 valence electrons. The third-order valence-electron chi connectivity index (χ3n) is 5.44. The van der Waals surface area contributed by atoms with Gasteiger partial charge >= 0.3 is 0 Å². The molecule has 0 radical (unpaired) electrons. The number of nitriles is 1. The summed E-state index contributed by atoms with van der Waals surface area (Å²) in [7, 11) is -3.14. The second kappa shape index (κ2) is 9.25. The summed E-state index contributed by atoms with van der Waals surface area (Å²) >= 11 is 0. The van der Waals surface area contributed by atoms with Gasteiger partial charge in [-0.25, -0.2) is 8.42 Å². The van der Waals surface area contributed by atoms with Crippen molar-refractivity contribution in [1.82, 2.24) is 0 Å². The zero-order chi connectivity index (χ0) is 22.6. The molecule has 1 aliphatic heterocycles. The lowest BCUT2D eigenvalue weighted by Gasteiger charge is -2.28. The first-order chi connectivity index (χ1) is 15.4. The maximum absolute atomic E-state index is 13.0. The number of hydrogen-bond donors (Lipinski definition) is 0. The van der Waals surface area contributed by atoms with Gasteiger partial charge in [0.2, 0.25) is 0 Å². The average molecular weight is 447 g/mol. The zero-order valence-electron chi connectivity index (χ0n) is 17.3. The summed E-state index contributed by atoms with van der Waals surface area (Å²) < 4.78 is 29.7. The third-order valence-corrected chi connectivity index (χ3v) is 7.19. The van der Waals surface area contributed by atoms with Gasteiger partial charge in [-0.2, -0.15) is 5.26 Å². The number of carbonyl (C=O) groups is 1.